The monoisotopic (exact) mass is 404 g/mol. The van der Waals surface area contributed by atoms with Gasteiger partial charge in [-0.05, 0) is 56.2 Å². The Morgan fingerprint density at radius 2 is 1.77 bits per heavy atom. The Bertz CT molecular complexity index is 1060. The molecule has 154 valence electrons. The van der Waals surface area contributed by atoms with E-state index in [1.807, 2.05) is 31.2 Å². The van der Waals surface area contributed by atoms with Crippen LogP contribution in [-0.2, 0) is 4.74 Å². The number of para-hydroxylation sites is 1. The number of nitrogens with zero attached hydrogens (tertiary/aromatic N) is 2. The van der Waals surface area contributed by atoms with Gasteiger partial charge < -0.3 is 14.4 Å². The van der Waals surface area contributed by atoms with E-state index in [0.717, 1.165) is 36.8 Å². The summed E-state index contributed by atoms with van der Waals surface area (Å²) in [5.41, 5.74) is 1.71. The van der Waals surface area contributed by atoms with Crippen LogP contribution in [0.25, 0.3) is 10.9 Å². The van der Waals surface area contributed by atoms with Gasteiger partial charge in [0.1, 0.15) is 17.1 Å². The van der Waals surface area contributed by atoms with Crippen molar-refractivity contribution < 1.29 is 19.1 Å². The van der Waals surface area contributed by atoms with Crippen LogP contribution in [0.1, 0.15) is 40.5 Å². The van der Waals surface area contributed by atoms with Crippen LogP contribution in [0.3, 0.4) is 0 Å². The maximum absolute atomic E-state index is 12.9. The number of benzene rings is 2. The molecule has 30 heavy (non-hydrogen) atoms. The lowest BCUT2D eigenvalue weighted by Gasteiger charge is -2.20. The Balaban J connectivity index is 1.52. The molecule has 0 bridgehead atoms. The number of ketones is 1. The van der Waals surface area contributed by atoms with Gasteiger partial charge in [-0.3, -0.25) is 4.79 Å². The first-order chi connectivity index (χ1) is 14.7. The van der Waals surface area contributed by atoms with Crippen LogP contribution >= 0.6 is 0 Å². The molecule has 0 aliphatic carbocycles. The normalized spacial score (nSPS) is 13.4. The van der Waals surface area contributed by atoms with E-state index < -0.39 is 5.97 Å². The van der Waals surface area contributed by atoms with E-state index in [1.165, 1.54) is 0 Å². The van der Waals surface area contributed by atoms with Gasteiger partial charge in [-0.2, -0.15) is 0 Å². The molecule has 6 nitrogen and oxygen atoms in total. The van der Waals surface area contributed by atoms with Gasteiger partial charge in [-0.1, -0.05) is 18.2 Å². The van der Waals surface area contributed by atoms with Gasteiger partial charge >= 0.3 is 5.97 Å². The fourth-order valence-electron chi connectivity index (χ4n) is 3.62. The highest BCUT2D eigenvalue weighted by Gasteiger charge is 2.23. The lowest BCUT2D eigenvalue weighted by atomic mass is 10.1. The molecule has 0 radical (unpaired) electrons. The fourth-order valence-corrected chi connectivity index (χ4v) is 3.62. The number of Topliss-reactive ketones (excluding diaryl/α,β-unsaturated/α-hetero) is 1. The first kappa shape index (κ1) is 19.9. The lowest BCUT2D eigenvalue weighted by Crippen LogP contribution is -2.23. The largest absolute Gasteiger partial charge is 0.494 e. The molecule has 2 heterocycles. The average Bonchev–Trinajstić information content (AvgIpc) is 3.32. The molecule has 0 amide bonds. The van der Waals surface area contributed by atoms with Crippen molar-refractivity contribution in [3.05, 3.63) is 65.7 Å². The minimum atomic E-state index is -0.533. The predicted molar refractivity (Wildman–Crippen MR) is 115 cm³/mol. The molecule has 0 unspecified atom stereocenters. The Labute approximate surface area is 175 Å². The zero-order valence-corrected chi connectivity index (χ0v) is 17.0. The standard InChI is InChI=1S/C24H24N2O4/c1-2-29-19-11-9-17(10-12-19)22(27)16-30-24(28)20-15-18-7-3-4-8-21(18)25-23(20)26-13-5-6-14-26/h3-4,7-12,15H,2,5-6,13-14,16H2,1H3. The van der Waals surface area contributed by atoms with Crippen molar-refractivity contribution in [1.29, 1.82) is 0 Å². The van der Waals surface area contributed by atoms with E-state index in [1.54, 1.807) is 30.3 Å². The number of carbonyl (C=O) groups excluding carboxylic acids is 2. The average molecular weight is 404 g/mol. The first-order valence-electron chi connectivity index (χ1n) is 10.2. The van der Waals surface area contributed by atoms with Crippen molar-refractivity contribution in [2.75, 3.05) is 31.2 Å². The van der Waals surface area contributed by atoms with Crippen molar-refractivity contribution in [2.45, 2.75) is 19.8 Å². The maximum Gasteiger partial charge on any atom is 0.342 e. The molecule has 0 N–H and O–H groups in total. The molecule has 1 fully saturated rings. The van der Waals surface area contributed by atoms with Gasteiger partial charge in [0.05, 0.1) is 12.1 Å². The minimum Gasteiger partial charge on any atom is -0.494 e. The summed E-state index contributed by atoms with van der Waals surface area (Å²) in [6.07, 6.45) is 2.14. The van der Waals surface area contributed by atoms with Crippen LogP contribution in [0.4, 0.5) is 5.82 Å². The number of anilines is 1. The van der Waals surface area contributed by atoms with Gasteiger partial charge in [-0.25, -0.2) is 9.78 Å². The second kappa shape index (κ2) is 8.95. The van der Waals surface area contributed by atoms with Crippen LogP contribution in [0.15, 0.2) is 54.6 Å². The number of ether oxygens (including phenoxy) is 2. The van der Waals surface area contributed by atoms with E-state index in [-0.39, 0.29) is 12.4 Å². The Morgan fingerprint density at radius 1 is 1.03 bits per heavy atom. The number of pyridine rings is 1. The van der Waals surface area contributed by atoms with E-state index in [0.29, 0.717) is 29.3 Å². The quantitative estimate of drug-likeness (QED) is 0.433. The van der Waals surface area contributed by atoms with E-state index in [4.69, 9.17) is 14.5 Å². The van der Waals surface area contributed by atoms with Gasteiger partial charge in [0.2, 0.25) is 0 Å². The number of hydrogen-bond acceptors (Lipinski definition) is 6. The third-order valence-electron chi connectivity index (χ3n) is 5.15. The molecule has 6 heteroatoms. The number of carbonyl (C=O) groups is 2. The van der Waals surface area contributed by atoms with Crippen LogP contribution in [0.5, 0.6) is 5.75 Å². The van der Waals surface area contributed by atoms with Crippen LogP contribution in [-0.4, -0.2) is 43.0 Å². The summed E-state index contributed by atoms with van der Waals surface area (Å²) >= 11 is 0. The number of esters is 1. The SMILES string of the molecule is CCOc1ccc(C(=O)COC(=O)c2cc3ccccc3nc2N2CCCC2)cc1. The lowest BCUT2D eigenvalue weighted by molar-refractivity contribution is 0.0475. The Kier molecular flexibility index (Phi) is 5.93. The third-order valence-corrected chi connectivity index (χ3v) is 5.15. The number of aromatic nitrogens is 1. The zero-order valence-electron chi connectivity index (χ0n) is 17.0. The van der Waals surface area contributed by atoms with E-state index >= 15 is 0 Å². The molecular formula is C24H24N2O4. The molecule has 4 rings (SSSR count). The zero-order chi connectivity index (χ0) is 20.9. The second-order valence-corrected chi connectivity index (χ2v) is 7.20. The van der Waals surface area contributed by atoms with Crippen LogP contribution in [0.2, 0.25) is 0 Å². The Hall–Kier alpha value is -3.41. The van der Waals surface area contributed by atoms with Gasteiger partial charge in [-0.15, -0.1) is 0 Å². The first-order valence-corrected chi connectivity index (χ1v) is 10.2. The van der Waals surface area contributed by atoms with Crippen molar-refractivity contribution in [2.24, 2.45) is 0 Å². The molecule has 1 aliphatic rings. The van der Waals surface area contributed by atoms with Crippen molar-refractivity contribution in [3.63, 3.8) is 0 Å². The molecule has 1 aromatic heterocycles. The highest BCUT2D eigenvalue weighted by molar-refractivity contribution is 6.02. The topological polar surface area (TPSA) is 68.7 Å². The highest BCUT2D eigenvalue weighted by atomic mass is 16.5. The summed E-state index contributed by atoms with van der Waals surface area (Å²) in [5.74, 6) is 0.533. The molecule has 0 spiro atoms. The Morgan fingerprint density at radius 3 is 2.50 bits per heavy atom. The number of rotatable bonds is 7. The number of hydrogen-bond donors (Lipinski definition) is 0. The molecular weight excluding hydrogens is 380 g/mol. The smallest absolute Gasteiger partial charge is 0.342 e. The van der Waals surface area contributed by atoms with Gasteiger partial charge in [0.15, 0.2) is 12.4 Å². The summed E-state index contributed by atoms with van der Waals surface area (Å²) in [6.45, 7) is 3.85. The molecule has 2 aromatic carbocycles. The van der Waals surface area contributed by atoms with Crippen LogP contribution < -0.4 is 9.64 Å². The van der Waals surface area contributed by atoms with Gasteiger partial charge in [0.25, 0.3) is 0 Å². The molecule has 3 aromatic rings. The van der Waals surface area contributed by atoms with Crippen molar-refractivity contribution >= 4 is 28.5 Å². The summed E-state index contributed by atoms with van der Waals surface area (Å²) in [5, 5.41) is 0.866. The fraction of sp³-hybridized carbons (Fsp3) is 0.292. The molecule has 0 saturated carbocycles. The molecule has 1 saturated heterocycles. The predicted octanol–water partition coefficient (Wildman–Crippen LogP) is 4.27. The maximum atomic E-state index is 12.9. The van der Waals surface area contributed by atoms with Crippen molar-refractivity contribution in [3.8, 4) is 5.75 Å². The summed E-state index contributed by atoms with van der Waals surface area (Å²) in [6, 6.07) is 16.3. The third kappa shape index (κ3) is 4.27. The minimum absolute atomic E-state index is 0.261. The van der Waals surface area contributed by atoms with E-state index in [9.17, 15) is 9.59 Å². The van der Waals surface area contributed by atoms with Crippen molar-refractivity contribution in [1.82, 2.24) is 4.98 Å². The highest BCUT2D eigenvalue weighted by Crippen LogP contribution is 2.27. The summed E-state index contributed by atoms with van der Waals surface area (Å²) < 4.78 is 10.8. The second-order valence-electron chi connectivity index (χ2n) is 7.20. The molecule has 0 atom stereocenters. The summed E-state index contributed by atoms with van der Waals surface area (Å²) in [4.78, 5) is 32.2. The molecule has 1 aliphatic heterocycles. The van der Waals surface area contributed by atoms with Gasteiger partial charge in [0, 0.05) is 24.0 Å². The summed E-state index contributed by atoms with van der Waals surface area (Å²) in [7, 11) is 0. The van der Waals surface area contributed by atoms with Crippen LogP contribution in [0, 0.1) is 0 Å². The number of fused-ring (bicyclic) bond motifs is 1. The van der Waals surface area contributed by atoms with E-state index in [2.05, 4.69) is 4.90 Å².